The molecule has 0 saturated carbocycles. The largest absolute Gasteiger partial charge is 0.416 e. The van der Waals surface area contributed by atoms with Crippen LogP contribution in [0.5, 0.6) is 0 Å². The van der Waals surface area contributed by atoms with E-state index in [0.29, 0.717) is 16.1 Å². The molecule has 1 aromatic carbocycles. The number of aromatic nitrogens is 2. The van der Waals surface area contributed by atoms with E-state index >= 15 is 0 Å². The summed E-state index contributed by atoms with van der Waals surface area (Å²) in [6, 6.07) is 6.30. The van der Waals surface area contributed by atoms with Crippen molar-refractivity contribution in [3.63, 3.8) is 0 Å². The maximum absolute atomic E-state index is 6.29. The van der Waals surface area contributed by atoms with E-state index in [1.807, 2.05) is 12.1 Å². The molecule has 1 aromatic heterocycles. The third kappa shape index (κ3) is 3.72. The Hall–Kier alpha value is -1.04. The number of nitrogens with one attached hydrogen (secondary N) is 1. The second kappa shape index (κ2) is 6.41. The number of hydrogen-bond acceptors (Lipinski definition) is 5. The molecule has 102 valence electrons. The van der Waals surface area contributed by atoms with Crippen molar-refractivity contribution in [2.24, 2.45) is 0 Å². The van der Waals surface area contributed by atoms with Gasteiger partial charge in [0.1, 0.15) is 0 Å². The molecular formula is C13H16ClN3OS. The minimum atomic E-state index is 0.284. The zero-order valence-corrected chi connectivity index (χ0v) is 12.7. The van der Waals surface area contributed by atoms with Crippen LogP contribution >= 0.6 is 23.4 Å². The lowest BCUT2D eigenvalue weighted by Crippen LogP contribution is -2.17. The van der Waals surface area contributed by atoms with Gasteiger partial charge in [-0.3, -0.25) is 0 Å². The highest BCUT2D eigenvalue weighted by atomic mass is 35.5. The lowest BCUT2D eigenvalue weighted by molar-refractivity contribution is 0.429. The molecule has 1 unspecified atom stereocenters. The van der Waals surface area contributed by atoms with Gasteiger partial charge in [0.15, 0.2) is 0 Å². The van der Waals surface area contributed by atoms with Crippen LogP contribution in [0.3, 0.4) is 0 Å². The molecule has 1 N–H and O–H groups in total. The van der Waals surface area contributed by atoms with Gasteiger partial charge in [-0.1, -0.05) is 24.6 Å². The maximum Gasteiger partial charge on any atom is 0.281 e. The van der Waals surface area contributed by atoms with E-state index in [1.54, 1.807) is 6.92 Å². The van der Waals surface area contributed by atoms with Crippen molar-refractivity contribution in [1.82, 2.24) is 15.5 Å². The summed E-state index contributed by atoms with van der Waals surface area (Å²) in [5.74, 6) is 0.552. The highest BCUT2D eigenvalue weighted by molar-refractivity contribution is 7.99. The number of aryl methyl sites for hydroxylation is 1. The van der Waals surface area contributed by atoms with Gasteiger partial charge in [0.2, 0.25) is 5.89 Å². The van der Waals surface area contributed by atoms with E-state index in [9.17, 15) is 0 Å². The van der Waals surface area contributed by atoms with Crippen molar-refractivity contribution in [2.45, 2.75) is 36.9 Å². The molecule has 4 nitrogen and oxygen atoms in total. The fourth-order valence-corrected chi connectivity index (χ4v) is 2.74. The maximum atomic E-state index is 6.29. The molecule has 1 atom stereocenters. The molecule has 0 aliphatic carbocycles. The molecule has 6 heteroatoms. The fourth-order valence-electron chi connectivity index (χ4n) is 1.71. The van der Waals surface area contributed by atoms with Gasteiger partial charge in [0, 0.05) is 17.9 Å². The summed E-state index contributed by atoms with van der Waals surface area (Å²) in [5.41, 5.74) is 1.16. The molecule has 19 heavy (non-hydrogen) atoms. The normalized spacial score (nSPS) is 12.6. The van der Waals surface area contributed by atoms with Gasteiger partial charge < -0.3 is 9.73 Å². The number of hydrogen-bond donors (Lipinski definition) is 1. The molecule has 2 rings (SSSR count). The molecule has 2 aromatic rings. The van der Waals surface area contributed by atoms with E-state index in [1.165, 1.54) is 11.8 Å². The summed E-state index contributed by atoms with van der Waals surface area (Å²) < 4.78 is 5.33. The Morgan fingerprint density at radius 3 is 2.79 bits per heavy atom. The van der Waals surface area contributed by atoms with Crippen LogP contribution in [0.25, 0.3) is 0 Å². The first-order chi connectivity index (χ1) is 9.10. The monoisotopic (exact) mass is 297 g/mol. The molecular weight excluding hydrogens is 282 g/mol. The van der Waals surface area contributed by atoms with Gasteiger partial charge in [0.05, 0.1) is 5.02 Å². The van der Waals surface area contributed by atoms with Crippen molar-refractivity contribution >= 4 is 23.4 Å². The number of halogens is 1. The molecule has 1 heterocycles. The van der Waals surface area contributed by atoms with Gasteiger partial charge >= 0.3 is 0 Å². The Kier molecular flexibility index (Phi) is 4.85. The molecule has 0 fully saturated rings. The van der Waals surface area contributed by atoms with Crippen LogP contribution in [-0.2, 0) is 0 Å². The first-order valence-corrected chi connectivity index (χ1v) is 7.30. The topological polar surface area (TPSA) is 51.0 Å². The Labute approximate surface area is 121 Å². The van der Waals surface area contributed by atoms with Crippen molar-refractivity contribution in [2.75, 3.05) is 6.54 Å². The summed E-state index contributed by atoms with van der Waals surface area (Å²) in [5, 5.41) is 12.3. The third-order valence-corrected chi connectivity index (χ3v) is 4.01. The first kappa shape index (κ1) is 14.4. The Morgan fingerprint density at radius 2 is 2.21 bits per heavy atom. The second-order valence-corrected chi connectivity index (χ2v) is 5.56. The van der Waals surface area contributed by atoms with Crippen LogP contribution in [-0.4, -0.2) is 16.7 Å². The van der Waals surface area contributed by atoms with E-state index in [4.69, 9.17) is 16.0 Å². The van der Waals surface area contributed by atoms with Crippen LogP contribution in [0.1, 0.15) is 31.3 Å². The fraction of sp³-hybridized carbons (Fsp3) is 0.385. The summed E-state index contributed by atoms with van der Waals surface area (Å²) in [6.07, 6.45) is 0. The molecule has 0 bridgehead atoms. The summed E-state index contributed by atoms with van der Waals surface area (Å²) in [4.78, 5) is 0.915. The van der Waals surface area contributed by atoms with Crippen LogP contribution in [0.4, 0.5) is 0 Å². The van der Waals surface area contributed by atoms with Crippen molar-refractivity contribution in [3.8, 4) is 0 Å². The van der Waals surface area contributed by atoms with Crippen LogP contribution in [0.15, 0.2) is 32.7 Å². The summed E-state index contributed by atoms with van der Waals surface area (Å²) >= 11 is 7.67. The second-order valence-electron chi connectivity index (χ2n) is 4.16. The molecule has 0 radical (unpaired) electrons. The van der Waals surface area contributed by atoms with Crippen molar-refractivity contribution < 1.29 is 4.42 Å². The standard InChI is InChI=1S/C13H16ClN3OS/c1-4-15-8(2)10-5-6-12(11(14)7-10)19-13-17-16-9(3)18-13/h5-8,15H,4H2,1-3H3. The van der Waals surface area contributed by atoms with E-state index < -0.39 is 0 Å². The molecule has 0 spiro atoms. The van der Waals surface area contributed by atoms with Gasteiger partial charge in [-0.05, 0) is 42.9 Å². The average Bonchev–Trinajstić information content (AvgIpc) is 2.78. The quantitative estimate of drug-likeness (QED) is 0.908. The number of benzene rings is 1. The smallest absolute Gasteiger partial charge is 0.281 e. The first-order valence-electron chi connectivity index (χ1n) is 6.11. The average molecular weight is 298 g/mol. The highest BCUT2D eigenvalue weighted by Gasteiger charge is 2.11. The van der Waals surface area contributed by atoms with Crippen LogP contribution in [0.2, 0.25) is 5.02 Å². The minimum Gasteiger partial charge on any atom is -0.416 e. The Morgan fingerprint density at radius 1 is 1.42 bits per heavy atom. The van der Waals surface area contributed by atoms with Gasteiger partial charge in [-0.15, -0.1) is 10.2 Å². The van der Waals surface area contributed by atoms with Gasteiger partial charge in [-0.2, -0.15) is 0 Å². The lowest BCUT2D eigenvalue weighted by atomic mass is 10.1. The molecule has 0 saturated heterocycles. The van der Waals surface area contributed by atoms with Crippen molar-refractivity contribution in [3.05, 3.63) is 34.7 Å². The number of rotatable bonds is 5. The summed E-state index contributed by atoms with van der Waals surface area (Å²) in [6.45, 7) is 6.89. The predicted octanol–water partition coefficient (Wildman–Crippen LogP) is 3.85. The predicted molar refractivity (Wildman–Crippen MR) is 76.7 cm³/mol. The minimum absolute atomic E-state index is 0.284. The highest BCUT2D eigenvalue weighted by Crippen LogP contribution is 2.34. The van der Waals surface area contributed by atoms with Gasteiger partial charge in [0.25, 0.3) is 5.22 Å². The third-order valence-electron chi connectivity index (χ3n) is 2.67. The van der Waals surface area contributed by atoms with Gasteiger partial charge in [-0.25, -0.2) is 0 Å². The zero-order valence-electron chi connectivity index (χ0n) is 11.1. The lowest BCUT2D eigenvalue weighted by Gasteiger charge is -2.13. The SMILES string of the molecule is CCNC(C)c1ccc(Sc2nnc(C)o2)c(Cl)c1. The van der Waals surface area contributed by atoms with E-state index in [-0.39, 0.29) is 6.04 Å². The Bertz CT molecular complexity index is 559. The molecule has 0 aliphatic heterocycles. The zero-order chi connectivity index (χ0) is 13.8. The Balaban J connectivity index is 2.15. The van der Waals surface area contributed by atoms with E-state index in [2.05, 4.69) is 35.4 Å². The van der Waals surface area contributed by atoms with Crippen LogP contribution < -0.4 is 5.32 Å². The number of nitrogens with zero attached hydrogens (tertiary/aromatic N) is 2. The summed E-state index contributed by atoms with van der Waals surface area (Å²) in [7, 11) is 0. The van der Waals surface area contributed by atoms with Crippen LogP contribution in [0, 0.1) is 6.92 Å². The molecule has 0 aliphatic rings. The van der Waals surface area contributed by atoms with E-state index in [0.717, 1.165) is 17.0 Å². The van der Waals surface area contributed by atoms with Crippen molar-refractivity contribution in [1.29, 1.82) is 0 Å². The molecule has 0 amide bonds.